The number of nitrogens with one attached hydrogen (secondary N) is 1. The highest BCUT2D eigenvalue weighted by molar-refractivity contribution is 6.39. The summed E-state index contributed by atoms with van der Waals surface area (Å²) >= 11 is 0. The monoisotopic (exact) mass is 389 g/mol. The maximum atomic E-state index is 14.4. The van der Waals surface area contributed by atoms with Gasteiger partial charge in [0.15, 0.2) is 0 Å². The number of nitrogens with zero attached hydrogens (tertiary/aromatic N) is 2. The summed E-state index contributed by atoms with van der Waals surface area (Å²) in [6.45, 7) is 7.95. The molecular weight excluding hydrogens is 353 g/mol. The highest BCUT2D eigenvalue weighted by Crippen LogP contribution is 2.32. The van der Waals surface area contributed by atoms with Gasteiger partial charge >= 0.3 is 0 Å². The molecule has 0 saturated heterocycles. The number of carbonyl (C=O) groups is 1. The number of hydrogen-bond acceptors (Lipinski definition) is 3. The molecule has 0 aromatic heterocycles. The van der Waals surface area contributed by atoms with Crippen LogP contribution < -0.4 is 5.32 Å². The van der Waals surface area contributed by atoms with Crippen LogP contribution in [0, 0.1) is 11.7 Å². The molecule has 1 aliphatic heterocycles. The summed E-state index contributed by atoms with van der Waals surface area (Å²) in [6.07, 6.45) is 8.25. The van der Waals surface area contributed by atoms with E-state index in [9.17, 15) is 9.18 Å². The molecule has 156 valence electrons. The fourth-order valence-electron chi connectivity index (χ4n) is 3.72. The first-order chi connectivity index (χ1) is 13.6. The maximum Gasteiger partial charge on any atom is 0.267 e. The van der Waals surface area contributed by atoms with Crippen molar-refractivity contribution in [1.29, 1.82) is 0 Å². The Morgan fingerprint density at radius 2 is 1.96 bits per heavy atom. The van der Waals surface area contributed by atoms with Crippen molar-refractivity contribution in [2.75, 3.05) is 13.1 Å². The first-order valence-corrected chi connectivity index (χ1v) is 11.0. The van der Waals surface area contributed by atoms with Crippen LogP contribution in [-0.2, 0) is 4.79 Å². The number of unbranched alkanes of at least 4 members (excludes halogenated alkanes) is 3. The molecule has 28 heavy (non-hydrogen) atoms. The first-order valence-electron chi connectivity index (χ1n) is 11.0. The quantitative estimate of drug-likeness (QED) is 0.483. The van der Waals surface area contributed by atoms with Gasteiger partial charge in [-0.3, -0.25) is 9.80 Å². The Kier molecular flexibility index (Phi) is 9.45. The Morgan fingerprint density at radius 1 is 1.21 bits per heavy atom. The van der Waals surface area contributed by atoms with Crippen molar-refractivity contribution in [3.8, 4) is 0 Å². The fraction of sp³-hybridized carbons (Fsp3) is 0.652. The van der Waals surface area contributed by atoms with Gasteiger partial charge in [0.05, 0.1) is 6.04 Å². The predicted molar refractivity (Wildman–Crippen MR) is 114 cm³/mol. The van der Waals surface area contributed by atoms with Crippen LogP contribution in [0.4, 0.5) is 4.39 Å². The lowest BCUT2D eigenvalue weighted by Gasteiger charge is -2.24. The minimum Gasteiger partial charge on any atom is -0.351 e. The van der Waals surface area contributed by atoms with Gasteiger partial charge in [-0.25, -0.2) is 4.39 Å². The fourth-order valence-corrected chi connectivity index (χ4v) is 3.72. The van der Waals surface area contributed by atoms with Crippen molar-refractivity contribution in [3.05, 3.63) is 35.6 Å². The summed E-state index contributed by atoms with van der Waals surface area (Å²) in [5.74, 6) is 0.179. The van der Waals surface area contributed by atoms with Crippen LogP contribution in [0.3, 0.4) is 0 Å². The van der Waals surface area contributed by atoms with Gasteiger partial charge in [0.2, 0.25) is 0 Å². The Balaban J connectivity index is 2.03. The molecule has 1 aromatic carbocycles. The first kappa shape index (κ1) is 22.4. The van der Waals surface area contributed by atoms with E-state index in [4.69, 9.17) is 0 Å². The Labute approximate surface area is 169 Å². The summed E-state index contributed by atoms with van der Waals surface area (Å²) in [6, 6.07) is 6.64. The molecular formula is C23H36FN3O. The van der Waals surface area contributed by atoms with E-state index in [1.807, 2.05) is 11.1 Å². The van der Waals surface area contributed by atoms with Crippen molar-refractivity contribution in [1.82, 2.24) is 10.3 Å². The van der Waals surface area contributed by atoms with Gasteiger partial charge in [-0.15, -0.1) is 0 Å². The number of hydrazone groups is 1. The molecule has 1 aromatic rings. The zero-order chi connectivity index (χ0) is 20.4. The van der Waals surface area contributed by atoms with E-state index in [1.165, 1.54) is 18.9 Å². The molecule has 1 N–H and O–H groups in total. The smallest absolute Gasteiger partial charge is 0.267 e. The highest BCUT2D eigenvalue weighted by Gasteiger charge is 2.32. The molecule has 0 radical (unpaired) electrons. The van der Waals surface area contributed by atoms with Crippen molar-refractivity contribution in [3.63, 3.8) is 0 Å². The zero-order valence-corrected chi connectivity index (χ0v) is 17.7. The van der Waals surface area contributed by atoms with Crippen LogP contribution in [0.2, 0.25) is 0 Å². The molecule has 5 heteroatoms. The van der Waals surface area contributed by atoms with Gasteiger partial charge in [-0.1, -0.05) is 71.1 Å². The summed E-state index contributed by atoms with van der Waals surface area (Å²) in [5, 5.41) is 9.58. The second kappa shape index (κ2) is 11.8. The number of benzene rings is 1. The van der Waals surface area contributed by atoms with Gasteiger partial charge in [-0.05, 0) is 24.8 Å². The Bertz CT molecular complexity index is 646. The normalized spacial score (nSPS) is 17.5. The average Bonchev–Trinajstić information content (AvgIpc) is 3.12. The summed E-state index contributed by atoms with van der Waals surface area (Å²) in [4.78, 5) is 12.7. The summed E-state index contributed by atoms with van der Waals surface area (Å²) in [5.41, 5.74) is 1.15. The Morgan fingerprint density at radius 3 is 2.64 bits per heavy atom. The molecule has 0 bridgehead atoms. The second-order valence-electron chi connectivity index (χ2n) is 7.78. The molecule has 2 atom stereocenters. The number of rotatable bonds is 12. The van der Waals surface area contributed by atoms with Gasteiger partial charge in [0.1, 0.15) is 11.5 Å². The van der Waals surface area contributed by atoms with Crippen molar-refractivity contribution >= 4 is 11.6 Å². The molecule has 0 saturated carbocycles. The minimum atomic E-state index is -0.226. The SMILES string of the molecule is CCCCCN1N=C(C(=O)NCC(CC)CCCC)CC1c1ccccc1F. The molecule has 1 amide bonds. The van der Waals surface area contributed by atoms with E-state index < -0.39 is 0 Å². The third-order valence-corrected chi connectivity index (χ3v) is 5.61. The lowest BCUT2D eigenvalue weighted by atomic mass is 9.98. The van der Waals surface area contributed by atoms with Gasteiger partial charge in [0, 0.05) is 25.1 Å². The second-order valence-corrected chi connectivity index (χ2v) is 7.78. The average molecular weight is 390 g/mol. The van der Waals surface area contributed by atoms with E-state index >= 15 is 0 Å². The van der Waals surface area contributed by atoms with E-state index in [2.05, 4.69) is 31.2 Å². The molecule has 1 aliphatic rings. The topological polar surface area (TPSA) is 44.7 Å². The molecule has 2 unspecified atom stereocenters. The standard InChI is InChI=1S/C23H36FN3O/c1-4-7-11-15-27-22(19-13-9-10-14-20(19)24)16-21(26-27)23(28)25-17-18(6-3)12-8-5-2/h9-10,13-14,18,22H,4-8,11-12,15-17H2,1-3H3,(H,25,28). The molecule has 1 heterocycles. The van der Waals surface area contributed by atoms with Crippen LogP contribution in [0.1, 0.15) is 83.7 Å². The maximum absolute atomic E-state index is 14.4. The lowest BCUT2D eigenvalue weighted by molar-refractivity contribution is -0.115. The summed E-state index contributed by atoms with van der Waals surface area (Å²) in [7, 11) is 0. The van der Waals surface area contributed by atoms with Gasteiger partial charge in [0.25, 0.3) is 5.91 Å². The van der Waals surface area contributed by atoms with E-state index in [0.717, 1.165) is 38.6 Å². The Hall–Kier alpha value is -1.91. The number of carbonyl (C=O) groups excluding carboxylic acids is 1. The van der Waals surface area contributed by atoms with Crippen LogP contribution >= 0.6 is 0 Å². The lowest BCUT2D eigenvalue weighted by Crippen LogP contribution is -2.34. The van der Waals surface area contributed by atoms with E-state index in [0.29, 0.717) is 30.2 Å². The molecule has 4 nitrogen and oxygen atoms in total. The minimum absolute atomic E-state index is 0.103. The predicted octanol–water partition coefficient (Wildman–Crippen LogP) is 5.45. The number of hydrogen-bond donors (Lipinski definition) is 1. The highest BCUT2D eigenvalue weighted by atomic mass is 19.1. The van der Waals surface area contributed by atoms with Gasteiger partial charge < -0.3 is 5.32 Å². The van der Waals surface area contributed by atoms with Crippen LogP contribution in [0.5, 0.6) is 0 Å². The summed E-state index contributed by atoms with van der Waals surface area (Å²) < 4.78 is 14.4. The number of halogens is 1. The molecule has 2 rings (SSSR count). The van der Waals surface area contributed by atoms with E-state index in [1.54, 1.807) is 12.1 Å². The molecule has 0 spiro atoms. The van der Waals surface area contributed by atoms with Crippen LogP contribution in [0.25, 0.3) is 0 Å². The zero-order valence-electron chi connectivity index (χ0n) is 17.7. The third-order valence-electron chi connectivity index (χ3n) is 5.61. The van der Waals surface area contributed by atoms with E-state index in [-0.39, 0.29) is 17.8 Å². The molecule has 0 aliphatic carbocycles. The molecule has 0 fully saturated rings. The van der Waals surface area contributed by atoms with Crippen LogP contribution in [-0.4, -0.2) is 29.7 Å². The van der Waals surface area contributed by atoms with Crippen molar-refractivity contribution in [2.45, 2.75) is 78.2 Å². The largest absolute Gasteiger partial charge is 0.351 e. The third kappa shape index (κ3) is 6.32. The van der Waals surface area contributed by atoms with Crippen molar-refractivity contribution < 1.29 is 9.18 Å². The van der Waals surface area contributed by atoms with Crippen LogP contribution in [0.15, 0.2) is 29.4 Å². The van der Waals surface area contributed by atoms with Gasteiger partial charge in [-0.2, -0.15) is 5.10 Å². The number of amides is 1. The van der Waals surface area contributed by atoms with Crippen molar-refractivity contribution in [2.24, 2.45) is 11.0 Å².